The smallest absolute Gasteiger partial charge is 0.204 e. The standard InChI is InChI=1S/C18H16O7/c1-22-13-7-12-14(16(21)18(13)24-3)15(20)10(8-25-12)9-5-4-6-11(19)17(9)23-2/h4-8,19,21H,1-3H3. The lowest BCUT2D eigenvalue weighted by Crippen LogP contribution is -2.07. The van der Waals surface area contributed by atoms with Crippen molar-refractivity contribution in [1.82, 2.24) is 0 Å². The Bertz CT molecular complexity index is 1000. The Labute approximate surface area is 142 Å². The molecule has 7 heteroatoms. The van der Waals surface area contributed by atoms with Crippen LogP contribution < -0.4 is 19.6 Å². The van der Waals surface area contributed by atoms with Crippen LogP contribution >= 0.6 is 0 Å². The molecule has 0 radical (unpaired) electrons. The number of hydrogen-bond acceptors (Lipinski definition) is 7. The third kappa shape index (κ3) is 2.50. The fraction of sp³-hybridized carbons (Fsp3) is 0.167. The topological polar surface area (TPSA) is 98.4 Å². The van der Waals surface area contributed by atoms with Crippen LogP contribution in [0.4, 0.5) is 0 Å². The van der Waals surface area contributed by atoms with Crippen molar-refractivity contribution in [2.24, 2.45) is 0 Å². The molecular formula is C18H16O7. The molecule has 0 aliphatic heterocycles. The minimum absolute atomic E-state index is 0.0299. The molecule has 0 saturated carbocycles. The second-order valence-electron chi connectivity index (χ2n) is 5.17. The molecule has 1 heterocycles. The highest BCUT2D eigenvalue weighted by Gasteiger charge is 2.22. The van der Waals surface area contributed by atoms with Gasteiger partial charge in [0.1, 0.15) is 17.2 Å². The van der Waals surface area contributed by atoms with Crippen LogP contribution in [0.2, 0.25) is 0 Å². The zero-order valence-electron chi connectivity index (χ0n) is 13.8. The van der Waals surface area contributed by atoms with E-state index in [9.17, 15) is 15.0 Å². The van der Waals surface area contributed by atoms with Crippen molar-refractivity contribution in [3.63, 3.8) is 0 Å². The summed E-state index contributed by atoms with van der Waals surface area (Å²) in [5, 5.41) is 20.3. The first-order valence-corrected chi connectivity index (χ1v) is 7.29. The minimum atomic E-state index is -0.497. The summed E-state index contributed by atoms with van der Waals surface area (Å²) in [5.41, 5.74) is 0.113. The van der Waals surface area contributed by atoms with Gasteiger partial charge in [-0.25, -0.2) is 0 Å². The Morgan fingerprint density at radius 2 is 1.68 bits per heavy atom. The number of phenolic OH excluding ortho intramolecular Hbond substituents is 2. The second-order valence-corrected chi connectivity index (χ2v) is 5.17. The number of benzene rings is 2. The predicted molar refractivity (Wildman–Crippen MR) is 90.9 cm³/mol. The molecule has 0 saturated heterocycles. The molecule has 0 unspecified atom stereocenters. The van der Waals surface area contributed by atoms with Crippen molar-refractivity contribution in [2.45, 2.75) is 0 Å². The molecule has 0 fully saturated rings. The van der Waals surface area contributed by atoms with Gasteiger partial charge in [0.05, 0.1) is 26.9 Å². The monoisotopic (exact) mass is 344 g/mol. The molecule has 1 aromatic heterocycles. The summed E-state index contributed by atoms with van der Waals surface area (Å²) >= 11 is 0. The Morgan fingerprint density at radius 1 is 0.960 bits per heavy atom. The van der Waals surface area contributed by atoms with E-state index in [1.807, 2.05) is 0 Å². The lowest BCUT2D eigenvalue weighted by molar-refractivity contribution is 0.334. The van der Waals surface area contributed by atoms with E-state index in [0.717, 1.165) is 0 Å². The molecule has 0 amide bonds. The second kappa shape index (κ2) is 6.27. The summed E-state index contributed by atoms with van der Waals surface area (Å²) in [6, 6.07) is 6.08. The van der Waals surface area contributed by atoms with Gasteiger partial charge in [0, 0.05) is 11.6 Å². The lowest BCUT2D eigenvalue weighted by atomic mass is 10.0. The van der Waals surface area contributed by atoms with Crippen LogP contribution in [-0.4, -0.2) is 31.5 Å². The van der Waals surface area contributed by atoms with Crippen molar-refractivity contribution < 1.29 is 28.8 Å². The van der Waals surface area contributed by atoms with Gasteiger partial charge in [-0.2, -0.15) is 0 Å². The summed E-state index contributed by atoms with van der Waals surface area (Å²) in [6.45, 7) is 0. The van der Waals surface area contributed by atoms with Crippen LogP contribution in [0, 0.1) is 0 Å². The zero-order chi connectivity index (χ0) is 18.1. The van der Waals surface area contributed by atoms with Gasteiger partial charge in [-0.1, -0.05) is 12.1 Å². The van der Waals surface area contributed by atoms with E-state index in [2.05, 4.69) is 0 Å². The molecule has 7 nitrogen and oxygen atoms in total. The SMILES string of the molecule is COc1cc2occ(-c3cccc(O)c3OC)c(=O)c2c(O)c1OC. The van der Waals surface area contributed by atoms with E-state index in [1.54, 1.807) is 12.1 Å². The largest absolute Gasteiger partial charge is 0.504 e. The van der Waals surface area contributed by atoms with Crippen molar-refractivity contribution in [1.29, 1.82) is 0 Å². The lowest BCUT2D eigenvalue weighted by Gasteiger charge is -2.13. The summed E-state index contributed by atoms with van der Waals surface area (Å²) < 4.78 is 20.9. The van der Waals surface area contributed by atoms with Crippen LogP contribution in [0.3, 0.4) is 0 Å². The van der Waals surface area contributed by atoms with Gasteiger partial charge in [0.25, 0.3) is 0 Å². The van der Waals surface area contributed by atoms with E-state index in [-0.39, 0.29) is 45.3 Å². The molecule has 0 spiro atoms. The number of aromatic hydroxyl groups is 2. The summed E-state index contributed by atoms with van der Waals surface area (Å²) in [7, 11) is 4.15. The maximum Gasteiger partial charge on any atom is 0.204 e. The van der Waals surface area contributed by atoms with E-state index in [4.69, 9.17) is 18.6 Å². The van der Waals surface area contributed by atoms with Gasteiger partial charge >= 0.3 is 0 Å². The molecule has 2 N–H and O–H groups in total. The van der Waals surface area contributed by atoms with E-state index >= 15 is 0 Å². The number of phenols is 2. The molecule has 0 bridgehead atoms. The Kier molecular flexibility index (Phi) is 4.14. The van der Waals surface area contributed by atoms with Gasteiger partial charge in [0.15, 0.2) is 23.0 Å². The van der Waals surface area contributed by atoms with Crippen LogP contribution in [0.5, 0.6) is 28.7 Å². The van der Waals surface area contributed by atoms with E-state index < -0.39 is 5.43 Å². The number of methoxy groups -OCH3 is 3. The summed E-state index contributed by atoms with van der Waals surface area (Å²) in [5.74, 6) is -0.0997. The Morgan fingerprint density at radius 3 is 2.32 bits per heavy atom. The first-order chi connectivity index (χ1) is 12.0. The van der Waals surface area contributed by atoms with Crippen molar-refractivity contribution in [2.75, 3.05) is 21.3 Å². The molecule has 0 atom stereocenters. The Balaban J connectivity index is 2.38. The first-order valence-electron chi connectivity index (χ1n) is 7.29. The molecule has 3 rings (SSSR count). The van der Waals surface area contributed by atoms with Crippen LogP contribution in [0.15, 0.2) is 39.7 Å². The summed E-state index contributed by atoms with van der Waals surface area (Å²) in [6.07, 6.45) is 1.24. The van der Waals surface area contributed by atoms with E-state index in [1.165, 1.54) is 39.7 Å². The number of rotatable bonds is 4. The number of para-hydroxylation sites is 1. The average Bonchev–Trinajstić information content (AvgIpc) is 2.61. The molecule has 0 aliphatic rings. The van der Waals surface area contributed by atoms with Crippen LogP contribution in [0.25, 0.3) is 22.1 Å². The molecule has 2 aromatic carbocycles. The quantitative estimate of drug-likeness (QED) is 0.751. The molecular weight excluding hydrogens is 328 g/mol. The summed E-state index contributed by atoms with van der Waals surface area (Å²) in [4.78, 5) is 12.9. The highest BCUT2D eigenvalue weighted by atomic mass is 16.5. The normalized spacial score (nSPS) is 10.7. The maximum atomic E-state index is 12.9. The van der Waals surface area contributed by atoms with Gasteiger partial charge in [-0.05, 0) is 6.07 Å². The van der Waals surface area contributed by atoms with Crippen molar-refractivity contribution >= 4 is 11.0 Å². The molecule has 0 aliphatic carbocycles. The predicted octanol–water partition coefficient (Wildman–Crippen LogP) is 2.90. The highest BCUT2D eigenvalue weighted by molar-refractivity contribution is 5.92. The van der Waals surface area contributed by atoms with Gasteiger partial charge in [-0.15, -0.1) is 0 Å². The van der Waals surface area contributed by atoms with Crippen molar-refractivity contribution in [3.05, 3.63) is 40.8 Å². The Hall–Kier alpha value is -3.35. The average molecular weight is 344 g/mol. The molecule has 130 valence electrons. The molecule has 25 heavy (non-hydrogen) atoms. The van der Waals surface area contributed by atoms with Gasteiger partial charge < -0.3 is 28.8 Å². The fourth-order valence-corrected chi connectivity index (χ4v) is 2.71. The third-order valence-electron chi connectivity index (χ3n) is 3.87. The molecule has 3 aromatic rings. The van der Waals surface area contributed by atoms with Crippen LogP contribution in [0.1, 0.15) is 0 Å². The number of fused-ring (bicyclic) bond motifs is 1. The van der Waals surface area contributed by atoms with Crippen LogP contribution in [-0.2, 0) is 0 Å². The highest BCUT2D eigenvalue weighted by Crippen LogP contribution is 2.43. The number of ether oxygens (including phenoxy) is 3. The number of hydrogen-bond donors (Lipinski definition) is 2. The fourth-order valence-electron chi connectivity index (χ4n) is 2.71. The van der Waals surface area contributed by atoms with Gasteiger partial charge in [0.2, 0.25) is 11.2 Å². The third-order valence-corrected chi connectivity index (χ3v) is 3.87. The zero-order valence-corrected chi connectivity index (χ0v) is 13.8. The minimum Gasteiger partial charge on any atom is -0.504 e. The first kappa shape index (κ1) is 16.5. The van der Waals surface area contributed by atoms with E-state index in [0.29, 0.717) is 5.56 Å². The maximum absolute atomic E-state index is 12.9. The van der Waals surface area contributed by atoms with Gasteiger partial charge in [-0.3, -0.25) is 4.79 Å². The van der Waals surface area contributed by atoms with Crippen molar-refractivity contribution in [3.8, 4) is 39.9 Å².